The minimum atomic E-state index is -7.11. The summed E-state index contributed by atoms with van der Waals surface area (Å²) < 4.78 is 145. The minimum absolute atomic E-state index is 0.653. The number of sulfonamides is 1. The fraction of sp³-hybridized carbons (Fsp3) is 0.200. The average Bonchev–Trinajstić information content (AvgIpc) is 2.68. The average molecular weight is 445 g/mol. The molecule has 0 spiro atoms. The molecule has 7 nitrogen and oxygen atoms in total. The number of hydrogen-bond donors (Lipinski definition) is 1. The molecule has 0 saturated heterocycles. The zero-order valence-electron chi connectivity index (χ0n) is 11.8. The predicted molar refractivity (Wildman–Crippen MR) is 73.6 cm³/mol. The van der Waals surface area contributed by atoms with E-state index in [1.165, 1.54) is 0 Å². The van der Waals surface area contributed by atoms with Crippen molar-refractivity contribution >= 4 is 35.4 Å². The first-order valence-electron chi connectivity index (χ1n) is 5.94. The summed E-state index contributed by atoms with van der Waals surface area (Å²) in [6.45, 7) is 0. The van der Waals surface area contributed by atoms with Crippen molar-refractivity contribution in [3.05, 3.63) is 34.1 Å². The second-order valence-corrected chi connectivity index (χ2v) is 10.3. The highest BCUT2D eigenvalue weighted by molar-refractivity contribution is 8.15. The fourth-order valence-electron chi connectivity index (χ4n) is 1.93. The van der Waals surface area contributed by atoms with Gasteiger partial charge in [-0.15, -0.1) is 0 Å². The maximum atomic E-state index is 12.8. The van der Waals surface area contributed by atoms with Crippen molar-refractivity contribution in [3.63, 3.8) is 0 Å². The normalized spacial score (nSPS) is 17.5. The minimum Gasteiger partial charge on any atom is -0.277 e. The monoisotopic (exact) mass is 445 g/mol. The molecule has 1 aliphatic heterocycles. The SMILES string of the molecule is O=S1(=O)NC(=C(S(=O)(=O)C(F)(F)F)S(=O)(=O)C(F)(F)F)c2ccccc21. The van der Waals surface area contributed by atoms with E-state index in [0.717, 1.165) is 22.9 Å². The molecule has 146 valence electrons. The Hall–Kier alpha value is -1.81. The first-order valence-corrected chi connectivity index (χ1v) is 10.4. The van der Waals surface area contributed by atoms with Crippen molar-refractivity contribution in [1.29, 1.82) is 0 Å². The third-order valence-electron chi connectivity index (χ3n) is 2.98. The van der Waals surface area contributed by atoms with Crippen molar-refractivity contribution in [1.82, 2.24) is 4.72 Å². The summed E-state index contributed by atoms with van der Waals surface area (Å²) in [5, 5.41) is 0. The molecule has 0 aliphatic carbocycles. The van der Waals surface area contributed by atoms with Crippen LogP contribution in [-0.2, 0) is 29.7 Å². The van der Waals surface area contributed by atoms with E-state index in [1.807, 2.05) is 0 Å². The Morgan fingerprint density at radius 3 is 1.69 bits per heavy atom. The standard InChI is InChI=1S/C10H5F6NO6S3/c11-9(12,13)24(18,19)8(25(20,21)10(14,15)16)7-5-3-1-2-4-6(5)26(22,23)17-7/h1-4,17H. The number of rotatable bonds is 2. The summed E-state index contributed by atoms with van der Waals surface area (Å²) in [5.74, 6) is 0. The molecule has 0 radical (unpaired) electrons. The van der Waals surface area contributed by atoms with Gasteiger partial charge in [0.2, 0.25) is 4.24 Å². The summed E-state index contributed by atoms with van der Waals surface area (Å²) in [6.07, 6.45) is 0. The highest BCUT2D eigenvalue weighted by atomic mass is 32.3. The van der Waals surface area contributed by atoms with E-state index < -0.39 is 61.1 Å². The molecule has 1 N–H and O–H groups in total. The van der Waals surface area contributed by atoms with Crippen LogP contribution in [0.1, 0.15) is 5.56 Å². The van der Waals surface area contributed by atoms with Crippen LogP contribution in [0.3, 0.4) is 0 Å². The van der Waals surface area contributed by atoms with Crippen molar-refractivity contribution in [3.8, 4) is 0 Å². The largest absolute Gasteiger partial charge is 0.502 e. The molecule has 0 amide bonds. The zero-order chi connectivity index (χ0) is 20.3. The van der Waals surface area contributed by atoms with Gasteiger partial charge in [-0.25, -0.2) is 25.3 Å². The van der Waals surface area contributed by atoms with E-state index in [9.17, 15) is 51.6 Å². The molecule has 0 saturated carbocycles. The lowest BCUT2D eigenvalue weighted by Crippen LogP contribution is -2.36. The number of halogens is 6. The van der Waals surface area contributed by atoms with Crippen LogP contribution in [0.4, 0.5) is 26.3 Å². The quantitative estimate of drug-likeness (QED) is 0.690. The summed E-state index contributed by atoms with van der Waals surface area (Å²) in [7, 11) is -19.0. The van der Waals surface area contributed by atoms with Gasteiger partial charge in [0.1, 0.15) is 0 Å². The van der Waals surface area contributed by atoms with Crippen molar-refractivity contribution in [2.75, 3.05) is 0 Å². The van der Waals surface area contributed by atoms with Crippen LogP contribution in [0.5, 0.6) is 0 Å². The first kappa shape index (κ1) is 20.5. The summed E-state index contributed by atoms with van der Waals surface area (Å²) >= 11 is 0. The van der Waals surface area contributed by atoms with Gasteiger partial charge in [-0.2, -0.15) is 26.3 Å². The van der Waals surface area contributed by atoms with Gasteiger partial charge in [0, 0.05) is 5.56 Å². The highest BCUT2D eigenvalue weighted by Gasteiger charge is 2.62. The number of benzene rings is 1. The second kappa shape index (κ2) is 5.59. The Kier molecular flexibility index (Phi) is 4.41. The molecule has 0 unspecified atom stereocenters. The Bertz CT molecular complexity index is 1070. The molecule has 1 heterocycles. The van der Waals surface area contributed by atoms with Gasteiger partial charge in [-0.3, -0.25) is 4.72 Å². The van der Waals surface area contributed by atoms with E-state index >= 15 is 0 Å². The van der Waals surface area contributed by atoms with Crippen LogP contribution in [0.25, 0.3) is 5.70 Å². The van der Waals surface area contributed by atoms with Gasteiger partial charge in [-0.1, -0.05) is 18.2 Å². The smallest absolute Gasteiger partial charge is 0.277 e. The Labute approximate surface area is 142 Å². The molecule has 0 bridgehead atoms. The van der Waals surface area contributed by atoms with Gasteiger partial charge >= 0.3 is 11.0 Å². The van der Waals surface area contributed by atoms with E-state index in [-0.39, 0.29) is 0 Å². The maximum Gasteiger partial charge on any atom is 0.502 e. The van der Waals surface area contributed by atoms with Gasteiger partial charge in [-0.05, 0) is 6.07 Å². The maximum absolute atomic E-state index is 12.8. The van der Waals surface area contributed by atoms with Gasteiger partial charge in [0.15, 0.2) is 0 Å². The lowest BCUT2D eigenvalue weighted by Gasteiger charge is -2.16. The van der Waals surface area contributed by atoms with E-state index in [4.69, 9.17) is 0 Å². The molecule has 0 fully saturated rings. The molecule has 1 aromatic carbocycles. The van der Waals surface area contributed by atoms with E-state index in [0.29, 0.717) is 6.07 Å². The molecule has 0 aromatic heterocycles. The third-order valence-corrected chi connectivity index (χ3v) is 8.31. The summed E-state index contributed by atoms with van der Waals surface area (Å²) in [4.78, 5) is -0.887. The zero-order valence-corrected chi connectivity index (χ0v) is 14.2. The second-order valence-electron chi connectivity index (χ2n) is 4.66. The summed E-state index contributed by atoms with van der Waals surface area (Å²) in [5.41, 5.74) is -15.7. The predicted octanol–water partition coefficient (Wildman–Crippen LogP) is 1.47. The lowest BCUT2D eigenvalue weighted by atomic mass is 10.2. The van der Waals surface area contributed by atoms with Crippen molar-refractivity contribution in [2.45, 2.75) is 15.9 Å². The topological polar surface area (TPSA) is 114 Å². The van der Waals surface area contributed by atoms with Crippen LogP contribution < -0.4 is 4.72 Å². The number of sulfone groups is 2. The number of nitrogens with one attached hydrogen (secondary N) is 1. The molecule has 0 atom stereocenters. The van der Waals surface area contributed by atoms with Crippen molar-refractivity contribution < 1.29 is 51.6 Å². The van der Waals surface area contributed by atoms with E-state index in [1.54, 1.807) is 0 Å². The van der Waals surface area contributed by atoms with Crippen LogP contribution in [0.15, 0.2) is 33.4 Å². The molecular formula is C10H5F6NO6S3. The molecule has 26 heavy (non-hydrogen) atoms. The van der Waals surface area contributed by atoms with Gasteiger partial charge in [0.25, 0.3) is 29.7 Å². The molecule has 1 aliphatic rings. The highest BCUT2D eigenvalue weighted by Crippen LogP contribution is 2.44. The number of hydrogen-bond acceptors (Lipinski definition) is 6. The van der Waals surface area contributed by atoms with Gasteiger partial charge < -0.3 is 0 Å². The molecule has 2 rings (SSSR count). The molecular weight excluding hydrogens is 440 g/mol. The summed E-state index contributed by atoms with van der Waals surface area (Å²) in [6, 6.07) is 3.39. The molecule has 16 heteroatoms. The Morgan fingerprint density at radius 1 is 0.846 bits per heavy atom. The number of fused-ring (bicyclic) bond motifs is 1. The Morgan fingerprint density at radius 2 is 1.27 bits per heavy atom. The molecule has 1 aromatic rings. The van der Waals surface area contributed by atoms with Crippen LogP contribution in [-0.4, -0.2) is 36.3 Å². The Balaban J connectivity index is 3.10. The van der Waals surface area contributed by atoms with Crippen LogP contribution in [0, 0.1) is 0 Å². The van der Waals surface area contributed by atoms with Crippen LogP contribution in [0.2, 0.25) is 0 Å². The van der Waals surface area contributed by atoms with Crippen LogP contribution >= 0.6 is 0 Å². The fourth-order valence-corrected chi connectivity index (χ4v) is 6.37. The first-order chi connectivity index (χ1) is 11.4. The third kappa shape index (κ3) is 2.94. The van der Waals surface area contributed by atoms with Crippen molar-refractivity contribution in [2.24, 2.45) is 0 Å². The lowest BCUT2D eigenvalue weighted by molar-refractivity contribution is -0.0444. The van der Waals surface area contributed by atoms with Gasteiger partial charge in [0.05, 0.1) is 10.6 Å². The van der Waals surface area contributed by atoms with E-state index in [2.05, 4.69) is 0 Å². The number of alkyl halides is 6.